The van der Waals surface area contributed by atoms with Crippen LogP contribution in [0.2, 0.25) is 0 Å². The third-order valence-electron chi connectivity index (χ3n) is 2.94. The fraction of sp³-hybridized carbons (Fsp3) is 0.385. The molecule has 0 aliphatic rings. The molecule has 19 heavy (non-hydrogen) atoms. The summed E-state index contributed by atoms with van der Waals surface area (Å²) in [5, 5.41) is 2.61. The van der Waals surface area contributed by atoms with E-state index in [-0.39, 0.29) is 12.5 Å². The smallest absolute Gasteiger partial charge is 0.239 e. The minimum absolute atomic E-state index is 0.0713. The third kappa shape index (κ3) is 2.66. The van der Waals surface area contributed by atoms with Gasteiger partial charge < -0.3 is 14.6 Å². The molecule has 0 saturated heterocycles. The van der Waals surface area contributed by atoms with Crippen molar-refractivity contribution in [1.29, 1.82) is 0 Å². The van der Waals surface area contributed by atoms with Crippen LogP contribution in [-0.2, 0) is 17.8 Å². The van der Waals surface area contributed by atoms with Crippen LogP contribution in [0.5, 0.6) is 5.75 Å². The first-order chi connectivity index (χ1) is 9.21. The van der Waals surface area contributed by atoms with Gasteiger partial charge in [0.1, 0.15) is 23.6 Å². The molecule has 1 heterocycles. The molecule has 2 aromatic rings. The Labute approximate surface area is 116 Å². The number of hydrogen-bond acceptors (Lipinski definition) is 3. The molecule has 0 atom stereocenters. The van der Waals surface area contributed by atoms with Gasteiger partial charge in [-0.15, -0.1) is 11.6 Å². The maximum atomic E-state index is 11.6. The zero-order chi connectivity index (χ0) is 13.8. The minimum Gasteiger partial charge on any atom is -0.494 e. The molecule has 1 N–H and O–H groups in total. The Bertz CT molecular complexity index is 595. The molecule has 5 nitrogen and oxygen atoms in total. The number of nitrogens with zero attached hydrogens (tertiary/aromatic N) is 2. The number of nitrogens with one attached hydrogen (secondary N) is 1. The molecule has 6 heteroatoms. The molecule has 2 rings (SSSR count). The van der Waals surface area contributed by atoms with Crippen molar-refractivity contribution in [3.05, 3.63) is 24.0 Å². The van der Waals surface area contributed by atoms with Gasteiger partial charge in [0.05, 0.1) is 12.6 Å². The number of carbonyl (C=O) groups is 1. The Kier molecular flexibility index (Phi) is 4.27. The van der Waals surface area contributed by atoms with Crippen LogP contribution >= 0.6 is 11.6 Å². The van der Waals surface area contributed by atoms with Crippen molar-refractivity contribution in [2.75, 3.05) is 20.0 Å². The summed E-state index contributed by atoms with van der Waals surface area (Å²) < 4.78 is 7.17. The average molecular weight is 282 g/mol. The summed E-state index contributed by atoms with van der Waals surface area (Å²) in [6.07, 6.45) is 0.608. The number of alkyl halides is 1. The predicted molar refractivity (Wildman–Crippen MR) is 74.8 cm³/mol. The maximum absolute atomic E-state index is 11.6. The van der Waals surface area contributed by atoms with E-state index in [1.807, 2.05) is 22.8 Å². The second-order valence-corrected chi connectivity index (χ2v) is 4.43. The lowest BCUT2D eigenvalue weighted by Crippen LogP contribution is -2.24. The molecule has 0 aliphatic heterocycles. The van der Waals surface area contributed by atoms with E-state index in [0.29, 0.717) is 18.1 Å². The summed E-state index contributed by atoms with van der Waals surface area (Å²) in [7, 11) is 3.22. The first-order valence-corrected chi connectivity index (χ1v) is 6.53. The van der Waals surface area contributed by atoms with E-state index in [4.69, 9.17) is 16.3 Å². The Hall–Kier alpha value is -1.75. The lowest BCUT2D eigenvalue weighted by molar-refractivity contribution is -0.121. The number of aryl methyl sites for hydroxylation is 1. The standard InChI is InChI=1S/C13H16ClN3O2/c1-15-12(18)8-17-9-4-3-5-10(19-2)13(9)16-11(17)6-7-14/h3-5H,6-8H2,1-2H3,(H,15,18). The monoisotopic (exact) mass is 281 g/mol. The lowest BCUT2D eigenvalue weighted by Gasteiger charge is -2.07. The fourth-order valence-corrected chi connectivity index (χ4v) is 2.18. The Morgan fingerprint density at radius 1 is 1.53 bits per heavy atom. The molecule has 1 aromatic heterocycles. The number of carbonyl (C=O) groups excluding carboxylic acids is 1. The van der Waals surface area contributed by atoms with E-state index < -0.39 is 0 Å². The van der Waals surface area contributed by atoms with Gasteiger partial charge in [-0.05, 0) is 12.1 Å². The van der Waals surface area contributed by atoms with Crippen molar-refractivity contribution < 1.29 is 9.53 Å². The van der Waals surface area contributed by atoms with Crippen molar-refractivity contribution in [3.63, 3.8) is 0 Å². The number of aromatic nitrogens is 2. The largest absolute Gasteiger partial charge is 0.494 e. The molecule has 0 fully saturated rings. The Morgan fingerprint density at radius 2 is 2.32 bits per heavy atom. The normalized spacial score (nSPS) is 10.7. The van der Waals surface area contributed by atoms with Gasteiger partial charge in [0.25, 0.3) is 0 Å². The summed E-state index contributed by atoms with van der Waals surface area (Å²) in [5.41, 5.74) is 1.64. The van der Waals surface area contributed by atoms with Gasteiger partial charge >= 0.3 is 0 Å². The quantitative estimate of drug-likeness (QED) is 0.847. The van der Waals surface area contributed by atoms with Crippen molar-refractivity contribution in [2.45, 2.75) is 13.0 Å². The van der Waals surface area contributed by atoms with E-state index in [2.05, 4.69) is 10.3 Å². The van der Waals surface area contributed by atoms with Crippen molar-refractivity contribution in [2.24, 2.45) is 0 Å². The zero-order valence-electron chi connectivity index (χ0n) is 10.9. The molecule has 0 bridgehead atoms. The number of para-hydroxylation sites is 1. The highest BCUT2D eigenvalue weighted by atomic mass is 35.5. The number of fused-ring (bicyclic) bond motifs is 1. The summed E-state index contributed by atoms with van der Waals surface area (Å²) >= 11 is 5.79. The third-order valence-corrected chi connectivity index (χ3v) is 3.13. The average Bonchev–Trinajstić information content (AvgIpc) is 2.77. The molecule has 0 unspecified atom stereocenters. The van der Waals surface area contributed by atoms with E-state index >= 15 is 0 Å². The molecule has 0 saturated carbocycles. The highest BCUT2D eigenvalue weighted by molar-refractivity contribution is 6.17. The van der Waals surface area contributed by atoms with Crippen LogP contribution in [-0.4, -0.2) is 35.5 Å². The van der Waals surface area contributed by atoms with Gasteiger partial charge in [-0.1, -0.05) is 6.07 Å². The number of rotatable bonds is 5. The van der Waals surface area contributed by atoms with Crippen molar-refractivity contribution in [1.82, 2.24) is 14.9 Å². The van der Waals surface area contributed by atoms with Crippen LogP contribution in [0.1, 0.15) is 5.82 Å². The molecule has 1 aromatic carbocycles. The maximum Gasteiger partial charge on any atom is 0.239 e. The van der Waals surface area contributed by atoms with Crippen LogP contribution in [0, 0.1) is 0 Å². The van der Waals surface area contributed by atoms with Gasteiger partial charge in [-0.25, -0.2) is 4.98 Å². The van der Waals surface area contributed by atoms with Crippen LogP contribution in [0.15, 0.2) is 18.2 Å². The number of hydrogen-bond donors (Lipinski definition) is 1. The molecule has 1 amide bonds. The van der Waals surface area contributed by atoms with E-state index in [1.165, 1.54) is 0 Å². The summed E-state index contributed by atoms with van der Waals surface area (Å²) in [6, 6.07) is 5.66. The van der Waals surface area contributed by atoms with E-state index in [0.717, 1.165) is 16.9 Å². The summed E-state index contributed by atoms with van der Waals surface area (Å²) in [5.74, 6) is 1.87. The van der Waals surface area contributed by atoms with E-state index in [9.17, 15) is 4.79 Å². The number of ether oxygens (including phenoxy) is 1. The van der Waals surface area contributed by atoms with Gasteiger partial charge in [-0.3, -0.25) is 4.79 Å². The number of likely N-dealkylation sites (N-methyl/N-ethyl adjacent to an activating group) is 1. The first-order valence-electron chi connectivity index (χ1n) is 6.00. The van der Waals surface area contributed by atoms with Crippen LogP contribution < -0.4 is 10.1 Å². The van der Waals surface area contributed by atoms with Crippen molar-refractivity contribution in [3.8, 4) is 5.75 Å². The molecule has 0 spiro atoms. The minimum atomic E-state index is -0.0713. The molecular formula is C13H16ClN3O2. The number of imidazole rings is 1. The van der Waals surface area contributed by atoms with Gasteiger partial charge in [0, 0.05) is 19.3 Å². The first kappa shape index (κ1) is 13.7. The number of methoxy groups -OCH3 is 1. The highest BCUT2D eigenvalue weighted by Crippen LogP contribution is 2.26. The predicted octanol–water partition coefficient (Wildman–Crippen LogP) is 1.57. The second-order valence-electron chi connectivity index (χ2n) is 4.05. The van der Waals surface area contributed by atoms with Gasteiger partial charge in [0.2, 0.25) is 5.91 Å². The fourth-order valence-electron chi connectivity index (χ4n) is 2.01. The lowest BCUT2D eigenvalue weighted by atomic mass is 10.3. The van der Waals surface area contributed by atoms with Crippen LogP contribution in [0.3, 0.4) is 0 Å². The Balaban J connectivity index is 2.56. The molecule has 102 valence electrons. The molecule has 0 radical (unpaired) electrons. The molecule has 0 aliphatic carbocycles. The van der Waals surface area contributed by atoms with Crippen LogP contribution in [0.4, 0.5) is 0 Å². The summed E-state index contributed by atoms with van der Waals surface area (Å²) in [4.78, 5) is 16.1. The van der Waals surface area contributed by atoms with Crippen molar-refractivity contribution >= 4 is 28.5 Å². The highest BCUT2D eigenvalue weighted by Gasteiger charge is 2.15. The number of amides is 1. The van der Waals surface area contributed by atoms with E-state index in [1.54, 1.807) is 14.2 Å². The van der Waals surface area contributed by atoms with Gasteiger partial charge in [0.15, 0.2) is 0 Å². The molecular weight excluding hydrogens is 266 g/mol. The Morgan fingerprint density at radius 3 is 2.95 bits per heavy atom. The topological polar surface area (TPSA) is 56.2 Å². The SMILES string of the molecule is CNC(=O)Cn1c(CCCl)nc2c(OC)cccc21. The number of benzene rings is 1. The van der Waals surface area contributed by atoms with Gasteiger partial charge in [-0.2, -0.15) is 0 Å². The van der Waals surface area contributed by atoms with Crippen LogP contribution in [0.25, 0.3) is 11.0 Å². The summed E-state index contributed by atoms with van der Waals surface area (Å²) in [6.45, 7) is 0.229. The second kappa shape index (κ2) is 5.93. The zero-order valence-corrected chi connectivity index (χ0v) is 11.7. The number of halogens is 1.